The molecule has 0 aliphatic carbocycles. The molecule has 1 aromatic carbocycles. The largest absolute Gasteiger partial charge is 0.480 e. The van der Waals surface area contributed by atoms with E-state index in [1.807, 2.05) is 0 Å². The lowest BCUT2D eigenvalue weighted by Crippen LogP contribution is -2.32. The molecule has 0 amide bonds. The fraction of sp³-hybridized carbons (Fsp3) is 0.562. The average Bonchev–Trinajstić information content (AvgIpc) is 2.50. The molecule has 0 saturated carbocycles. The number of carboxylic acids is 1. The molecule has 136 valence electrons. The van der Waals surface area contributed by atoms with Crippen molar-refractivity contribution in [3.05, 3.63) is 29.8 Å². The monoisotopic (exact) mass is 420 g/mol. The Bertz CT molecular complexity index is 622. The number of unbranched alkanes of at least 4 members (excludes halogenated alkanes) is 4. The summed E-state index contributed by atoms with van der Waals surface area (Å²) in [6.45, 7) is 0. The lowest BCUT2D eigenvalue weighted by atomic mass is 10.1. The predicted molar refractivity (Wildman–Crippen MR) is 100 cm³/mol. The van der Waals surface area contributed by atoms with Gasteiger partial charge in [0.05, 0.1) is 5.75 Å². The van der Waals surface area contributed by atoms with Crippen molar-refractivity contribution in [3.63, 3.8) is 0 Å². The van der Waals surface area contributed by atoms with Crippen molar-refractivity contribution >= 4 is 37.6 Å². The molecular formula is C16H25BrN2O4S. The van der Waals surface area contributed by atoms with Crippen molar-refractivity contribution in [1.29, 1.82) is 0 Å². The minimum Gasteiger partial charge on any atom is -0.480 e. The van der Waals surface area contributed by atoms with Crippen molar-refractivity contribution in [2.45, 2.75) is 44.6 Å². The summed E-state index contributed by atoms with van der Waals surface area (Å²) >= 11 is 3.37. The molecule has 0 unspecified atom stereocenters. The molecule has 1 atom stereocenters. The molecule has 0 saturated heterocycles. The summed E-state index contributed by atoms with van der Waals surface area (Å²) in [6.07, 6.45) is 4.91. The standard InChI is InChI=1S/C16H25BrN2O4S/c17-9-4-2-1-3-5-10-24(22,23)19-14-8-6-7-13(11-14)12-15(18)16(20)21/h6-8,11,15,19H,1-5,9-10,12,18H2,(H,20,21)/t15-/m0/s1. The van der Waals surface area contributed by atoms with Crippen LogP contribution in [0, 0.1) is 0 Å². The van der Waals surface area contributed by atoms with Gasteiger partial charge in [-0.15, -0.1) is 0 Å². The topological polar surface area (TPSA) is 109 Å². The van der Waals surface area contributed by atoms with Crippen molar-refractivity contribution in [3.8, 4) is 0 Å². The molecule has 0 aliphatic rings. The lowest BCUT2D eigenvalue weighted by Gasteiger charge is -2.11. The van der Waals surface area contributed by atoms with E-state index in [-0.39, 0.29) is 12.2 Å². The van der Waals surface area contributed by atoms with Gasteiger partial charge in [-0.25, -0.2) is 8.42 Å². The van der Waals surface area contributed by atoms with Crippen LogP contribution in [0.4, 0.5) is 5.69 Å². The smallest absolute Gasteiger partial charge is 0.320 e. The molecule has 24 heavy (non-hydrogen) atoms. The quantitative estimate of drug-likeness (QED) is 0.355. The third-order valence-electron chi connectivity index (χ3n) is 3.52. The highest BCUT2D eigenvalue weighted by Crippen LogP contribution is 2.15. The zero-order valence-electron chi connectivity index (χ0n) is 13.6. The molecule has 8 heteroatoms. The van der Waals surface area contributed by atoms with Gasteiger partial charge < -0.3 is 10.8 Å². The average molecular weight is 421 g/mol. The first-order valence-corrected chi connectivity index (χ1v) is 10.8. The highest BCUT2D eigenvalue weighted by Gasteiger charge is 2.14. The van der Waals surface area contributed by atoms with Gasteiger partial charge in [0.15, 0.2) is 0 Å². The number of benzene rings is 1. The fourth-order valence-electron chi connectivity index (χ4n) is 2.25. The summed E-state index contributed by atoms with van der Waals surface area (Å²) in [5, 5.41) is 9.82. The van der Waals surface area contributed by atoms with Crippen LogP contribution in [-0.4, -0.2) is 36.6 Å². The molecule has 0 aromatic heterocycles. The Labute approximate surface area is 152 Å². The number of hydrogen-bond donors (Lipinski definition) is 3. The Morgan fingerprint density at radius 1 is 1.21 bits per heavy atom. The van der Waals surface area contributed by atoms with Gasteiger partial charge in [0, 0.05) is 11.0 Å². The first-order chi connectivity index (χ1) is 11.3. The first-order valence-electron chi connectivity index (χ1n) is 7.98. The molecule has 0 bridgehead atoms. The van der Waals surface area contributed by atoms with E-state index in [1.54, 1.807) is 24.3 Å². The van der Waals surface area contributed by atoms with Gasteiger partial charge in [0.25, 0.3) is 0 Å². The Morgan fingerprint density at radius 3 is 2.54 bits per heavy atom. The maximum absolute atomic E-state index is 12.1. The second-order valence-electron chi connectivity index (χ2n) is 5.73. The lowest BCUT2D eigenvalue weighted by molar-refractivity contribution is -0.138. The number of halogens is 1. The molecule has 0 spiro atoms. The van der Waals surface area contributed by atoms with E-state index >= 15 is 0 Å². The Kier molecular flexibility index (Phi) is 9.31. The van der Waals surface area contributed by atoms with E-state index in [4.69, 9.17) is 10.8 Å². The maximum atomic E-state index is 12.1. The van der Waals surface area contributed by atoms with E-state index < -0.39 is 22.0 Å². The summed E-state index contributed by atoms with van der Waals surface area (Å²) in [5.74, 6) is -0.999. The summed E-state index contributed by atoms with van der Waals surface area (Å²) < 4.78 is 26.7. The normalized spacial score (nSPS) is 12.8. The minimum atomic E-state index is -3.40. The number of hydrogen-bond acceptors (Lipinski definition) is 4. The number of aliphatic carboxylic acids is 1. The number of carbonyl (C=O) groups is 1. The van der Waals surface area contributed by atoms with Crippen LogP contribution in [0.5, 0.6) is 0 Å². The molecule has 1 aromatic rings. The van der Waals surface area contributed by atoms with Gasteiger partial charge in [0.2, 0.25) is 10.0 Å². The highest BCUT2D eigenvalue weighted by molar-refractivity contribution is 9.09. The number of nitrogens with two attached hydrogens (primary N) is 1. The zero-order chi connectivity index (χ0) is 18.0. The highest BCUT2D eigenvalue weighted by atomic mass is 79.9. The van der Waals surface area contributed by atoms with Crippen molar-refractivity contribution < 1.29 is 18.3 Å². The van der Waals surface area contributed by atoms with E-state index in [0.29, 0.717) is 17.7 Å². The van der Waals surface area contributed by atoms with Gasteiger partial charge in [-0.3, -0.25) is 9.52 Å². The second-order valence-corrected chi connectivity index (χ2v) is 8.36. The third-order valence-corrected chi connectivity index (χ3v) is 5.45. The summed E-state index contributed by atoms with van der Waals surface area (Å²) in [7, 11) is -3.40. The maximum Gasteiger partial charge on any atom is 0.320 e. The van der Waals surface area contributed by atoms with Crippen molar-refractivity contribution in [2.75, 3.05) is 15.8 Å². The van der Waals surface area contributed by atoms with E-state index in [2.05, 4.69) is 20.7 Å². The van der Waals surface area contributed by atoms with Gasteiger partial charge in [-0.05, 0) is 37.0 Å². The van der Waals surface area contributed by atoms with Gasteiger partial charge in [-0.1, -0.05) is 47.3 Å². The van der Waals surface area contributed by atoms with Crippen LogP contribution in [0.15, 0.2) is 24.3 Å². The Balaban J connectivity index is 2.50. The Morgan fingerprint density at radius 2 is 1.88 bits per heavy atom. The second kappa shape index (κ2) is 10.7. The molecule has 0 aliphatic heterocycles. The molecule has 0 radical (unpaired) electrons. The predicted octanol–water partition coefficient (Wildman–Crippen LogP) is 2.73. The van der Waals surface area contributed by atoms with Crippen LogP contribution in [0.2, 0.25) is 0 Å². The zero-order valence-corrected chi connectivity index (χ0v) is 16.0. The minimum absolute atomic E-state index is 0.0835. The molecule has 1 rings (SSSR count). The van der Waals surface area contributed by atoms with Gasteiger partial charge in [-0.2, -0.15) is 0 Å². The van der Waals surface area contributed by atoms with Crippen LogP contribution in [-0.2, 0) is 21.2 Å². The molecule has 6 nitrogen and oxygen atoms in total. The van der Waals surface area contributed by atoms with Crippen LogP contribution in [0.3, 0.4) is 0 Å². The summed E-state index contributed by atoms with van der Waals surface area (Å²) in [5.41, 5.74) is 6.62. The number of rotatable bonds is 12. The summed E-state index contributed by atoms with van der Waals surface area (Å²) in [4.78, 5) is 10.8. The molecular weight excluding hydrogens is 396 g/mol. The number of anilines is 1. The third kappa shape index (κ3) is 8.65. The SMILES string of the molecule is N[C@@H](Cc1cccc(NS(=O)(=O)CCCCCCCBr)c1)C(=O)O. The van der Waals surface area contributed by atoms with Gasteiger partial charge in [0.1, 0.15) is 6.04 Å². The van der Waals surface area contributed by atoms with Crippen LogP contribution >= 0.6 is 15.9 Å². The number of sulfonamides is 1. The van der Waals surface area contributed by atoms with E-state index in [1.165, 1.54) is 0 Å². The molecule has 0 fully saturated rings. The van der Waals surface area contributed by atoms with Crippen LogP contribution in [0.1, 0.15) is 37.7 Å². The Hall–Kier alpha value is -1.12. The van der Waals surface area contributed by atoms with E-state index in [0.717, 1.165) is 31.0 Å². The molecule has 0 heterocycles. The number of nitrogens with one attached hydrogen (secondary N) is 1. The fourth-order valence-corrected chi connectivity index (χ4v) is 3.82. The number of carboxylic acid groups (broad SMARTS) is 1. The van der Waals surface area contributed by atoms with E-state index in [9.17, 15) is 13.2 Å². The van der Waals surface area contributed by atoms with Crippen LogP contribution in [0.25, 0.3) is 0 Å². The molecule has 4 N–H and O–H groups in total. The van der Waals surface area contributed by atoms with Crippen molar-refractivity contribution in [2.24, 2.45) is 5.73 Å². The van der Waals surface area contributed by atoms with Gasteiger partial charge >= 0.3 is 5.97 Å². The summed E-state index contributed by atoms with van der Waals surface area (Å²) in [6, 6.07) is 5.67. The van der Waals surface area contributed by atoms with Crippen molar-refractivity contribution in [1.82, 2.24) is 0 Å². The first kappa shape index (κ1) is 20.9. The number of alkyl halides is 1. The van der Waals surface area contributed by atoms with Crippen LogP contribution < -0.4 is 10.5 Å².